The van der Waals surface area contributed by atoms with E-state index < -0.39 is 13.3 Å². The maximum atomic E-state index is 6.34. The van der Waals surface area contributed by atoms with Crippen LogP contribution < -0.4 is 4.40 Å². The van der Waals surface area contributed by atoms with Crippen molar-refractivity contribution in [1.82, 2.24) is 9.97 Å². The molecule has 57 heavy (non-hydrogen) atoms. The molecule has 4 aromatic carbocycles. The van der Waals surface area contributed by atoms with Gasteiger partial charge in [0, 0.05) is 37.6 Å². The van der Waals surface area contributed by atoms with Crippen LogP contribution in [-0.2, 0) is 32.9 Å². The molecular weight excluding hydrogens is 933 g/mol. The number of benzene rings is 4. The van der Waals surface area contributed by atoms with Crippen LogP contribution in [0.25, 0.3) is 55.6 Å². The number of furan rings is 1. The average Bonchev–Trinajstić information content (AvgIpc) is 4.00. The van der Waals surface area contributed by atoms with Crippen LogP contribution >= 0.6 is 0 Å². The maximum absolute atomic E-state index is 6.34. The molecule has 5 heteroatoms. The molecule has 295 valence electrons. The van der Waals surface area contributed by atoms with Crippen LogP contribution in [0.4, 0.5) is 0 Å². The predicted molar refractivity (Wildman–Crippen MR) is 238 cm³/mol. The summed E-state index contributed by atoms with van der Waals surface area (Å²) in [7, 11) is 0. The second kappa shape index (κ2) is 18.4. The van der Waals surface area contributed by atoms with Gasteiger partial charge in [0.05, 0.1) is 11.2 Å². The number of nitrogens with zero attached hydrogens (tertiary/aromatic N) is 2. The van der Waals surface area contributed by atoms with E-state index in [1.165, 1.54) is 75.3 Å². The van der Waals surface area contributed by atoms with E-state index in [2.05, 4.69) is 135 Å². The van der Waals surface area contributed by atoms with Crippen LogP contribution in [0.1, 0.15) is 87.8 Å². The Morgan fingerprint density at radius 3 is 2.02 bits per heavy atom. The summed E-state index contributed by atoms with van der Waals surface area (Å²) in [5.74, 6) is 9.61. The molecule has 2 fully saturated rings. The first-order valence-corrected chi connectivity index (χ1v) is 28.4. The minimum atomic E-state index is -1.87. The molecule has 0 saturated heterocycles. The Hall–Kier alpha value is -3.83. The quantitative estimate of drug-likeness (QED) is 0.107. The Morgan fingerprint density at radius 1 is 0.702 bits per heavy atom. The number of aromatic nitrogens is 2. The van der Waals surface area contributed by atoms with Crippen molar-refractivity contribution >= 4 is 39.6 Å². The maximum Gasteiger partial charge on any atom is 0 e. The molecule has 0 aliphatic heterocycles. The van der Waals surface area contributed by atoms with Crippen molar-refractivity contribution < 1.29 is 24.5 Å². The van der Waals surface area contributed by atoms with Crippen molar-refractivity contribution in [3.8, 4) is 33.6 Å². The number of hydrogen-bond acceptors (Lipinski definition) is 3. The van der Waals surface area contributed by atoms with Gasteiger partial charge in [0.15, 0.2) is 0 Å². The van der Waals surface area contributed by atoms with Gasteiger partial charge in [0.1, 0.15) is 0 Å². The molecule has 0 atom stereocenters. The van der Waals surface area contributed by atoms with Gasteiger partial charge < -0.3 is 4.42 Å². The summed E-state index contributed by atoms with van der Waals surface area (Å²) in [5, 5.41) is 2.13. The van der Waals surface area contributed by atoms with E-state index in [9.17, 15) is 0 Å². The van der Waals surface area contributed by atoms with Gasteiger partial charge in [-0.05, 0) is 40.3 Å². The van der Waals surface area contributed by atoms with E-state index in [1.54, 1.807) is 9.96 Å². The molecule has 0 amide bonds. The molecule has 3 aromatic heterocycles. The molecule has 0 bridgehead atoms. The number of para-hydroxylation sites is 1. The van der Waals surface area contributed by atoms with E-state index in [4.69, 9.17) is 14.4 Å². The molecule has 7 aromatic rings. The summed E-state index contributed by atoms with van der Waals surface area (Å²) < 4.78 is 7.93. The van der Waals surface area contributed by atoms with Crippen LogP contribution in [0.15, 0.2) is 114 Å². The third-order valence-corrected chi connectivity index (χ3v) is 16.5. The van der Waals surface area contributed by atoms with Crippen molar-refractivity contribution in [2.45, 2.75) is 101 Å². The Kier molecular flexibility index (Phi) is 13.3. The Balaban J connectivity index is 0.000000188. The van der Waals surface area contributed by atoms with Crippen LogP contribution in [0.3, 0.4) is 0 Å². The van der Waals surface area contributed by atoms with Gasteiger partial charge >= 0.3 is 137 Å². The molecule has 2 saturated carbocycles. The van der Waals surface area contributed by atoms with Gasteiger partial charge in [-0.1, -0.05) is 111 Å². The number of pyridine rings is 2. The monoisotopic (exact) mass is 991 g/mol. The van der Waals surface area contributed by atoms with Crippen LogP contribution in [-0.4, -0.2) is 23.2 Å². The summed E-state index contributed by atoms with van der Waals surface area (Å²) >= 11 is -1.87. The number of hydrogen-bond donors (Lipinski definition) is 0. The zero-order chi connectivity index (χ0) is 38.6. The minimum absolute atomic E-state index is 0. The van der Waals surface area contributed by atoms with Crippen molar-refractivity contribution in [3.63, 3.8) is 0 Å². The van der Waals surface area contributed by atoms with E-state index in [0.29, 0.717) is 5.92 Å². The van der Waals surface area contributed by atoms with Gasteiger partial charge in [-0.2, -0.15) is 0 Å². The van der Waals surface area contributed by atoms with Crippen LogP contribution in [0.2, 0.25) is 17.3 Å². The first kappa shape index (κ1) is 41.3. The molecule has 9 rings (SSSR count). The first-order valence-electron chi connectivity index (χ1n) is 21.1. The predicted octanol–water partition coefficient (Wildman–Crippen LogP) is 13.8. The summed E-state index contributed by atoms with van der Waals surface area (Å²) in [6.45, 7) is 4.55. The third-order valence-electron chi connectivity index (χ3n) is 12.2. The summed E-state index contributed by atoms with van der Waals surface area (Å²) in [6.07, 6.45) is 17.8. The van der Waals surface area contributed by atoms with E-state index in [-0.39, 0.29) is 20.1 Å². The van der Waals surface area contributed by atoms with Gasteiger partial charge in [0.25, 0.3) is 0 Å². The Bertz CT molecular complexity index is 2400. The number of rotatable bonds is 9. The molecule has 3 heterocycles. The molecular formula is C52H56GeIrN2O-2. The third kappa shape index (κ3) is 9.57. The second-order valence-electron chi connectivity index (χ2n) is 17.6. The van der Waals surface area contributed by atoms with Crippen molar-refractivity contribution in [1.29, 1.82) is 0 Å². The van der Waals surface area contributed by atoms with Gasteiger partial charge in [0.2, 0.25) is 0 Å². The zero-order valence-electron chi connectivity index (χ0n) is 34.3. The molecule has 1 radical (unpaired) electrons. The number of fused-ring (bicyclic) bond motifs is 3. The van der Waals surface area contributed by atoms with Crippen molar-refractivity contribution in [2.75, 3.05) is 0 Å². The normalized spacial score (nSPS) is 14.9. The zero-order valence-corrected chi connectivity index (χ0v) is 38.8. The van der Waals surface area contributed by atoms with Gasteiger partial charge in [-0.3, -0.25) is 4.98 Å². The molecule has 2 aliphatic carbocycles. The smallest absolute Gasteiger partial charge is 0 e. The summed E-state index contributed by atoms with van der Waals surface area (Å²) in [4.78, 5) is 9.65. The fraction of sp³-hybridized carbons (Fsp3) is 0.346. The Labute approximate surface area is 356 Å². The van der Waals surface area contributed by atoms with Crippen molar-refractivity contribution in [2.24, 2.45) is 11.8 Å². The molecule has 0 unspecified atom stereocenters. The molecule has 3 nitrogen and oxygen atoms in total. The summed E-state index contributed by atoms with van der Waals surface area (Å²) in [5.41, 5.74) is 12.7. The van der Waals surface area contributed by atoms with E-state index in [0.717, 1.165) is 67.4 Å². The summed E-state index contributed by atoms with van der Waals surface area (Å²) in [6, 6.07) is 40.8. The van der Waals surface area contributed by atoms with Gasteiger partial charge in [-0.15, -0.1) is 12.1 Å². The average molecular weight is 990 g/mol. The Morgan fingerprint density at radius 2 is 1.35 bits per heavy atom. The molecule has 0 N–H and O–H groups in total. The van der Waals surface area contributed by atoms with E-state index in [1.807, 2.05) is 18.2 Å². The SMILES string of the molecule is CC(C)c1cnc(-c2[c-]c3c(cc2)oc2c(-c4ccccc4)cccc23)cc1CC1CCCC1.[CH3][Ge]([CH3])([CH3])[c]1cnc(-c2[c-]cccc2)cc1CC1CCCC1.[Ir]. The fourth-order valence-corrected chi connectivity index (χ4v) is 12.5. The second-order valence-corrected chi connectivity index (χ2v) is 28.2. The largest absolute Gasteiger partial charge is 0 e. The van der Waals surface area contributed by atoms with Crippen molar-refractivity contribution in [3.05, 3.63) is 138 Å². The first-order chi connectivity index (χ1) is 27.2. The fourth-order valence-electron chi connectivity index (χ4n) is 9.16. The standard InChI is InChI=1S/C32H30NO.C20H26GeN.Ir/c1-21(2)29-20-33-30(19-25(29)17-22-9-6-7-10-22)24-15-16-31-28(18-24)27-14-8-13-26(32(27)34-31)23-11-4-3-5-12-23;1-21(2,3)19-15-22-20(17-11-5-4-6-12-17)14-18(19)13-16-9-7-8-10-16;/h3-5,8,11-16,19-22H,6-7,9-10,17H2,1-2H3;4-6,11,14-16H,7-10,13H2,1-3H3;/q2*-1;. The molecule has 2 aliphatic rings. The molecule has 0 spiro atoms. The van der Waals surface area contributed by atoms with Gasteiger partial charge in [-0.25, -0.2) is 0 Å². The van der Waals surface area contributed by atoms with Crippen LogP contribution in [0, 0.1) is 24.0 Å². The van der Waals surface area contributed by atoms with Crippen LogP contribution in [0.5, 0.6) is 0 Å². The topological polar surface area (TPSA) is 38.9 Å². The van der Waals surface area contributed by atoms with E-state index >= 15 is 0 Å². The minimum Gasteiger partial charge on any atom is 0 e.